The number of hydrogen-bond donors (Lipinski definition) is 2. The quantitative estimate of drug-likeness (QED) is 0.871. The van der Waals surface area contributed by atoms with E-state index in [4.69, 9.17) is 4.74 Å². The molecule has 0 saturated carbocycles. The second-order valence-corrected chi connectivity index (χ2v) is 5.79. The number of amides is 2. The molecule has 0 aliphatic carbocycles. The van der Waals surface area contributed by atoms with Crippen LogP contribution in [0.1, 0.15) is 17.5 Å². The van der Waals surface area contributed by atoms with Crippen LogP contribution in [0.5, 0.6) is 5.75 Å². The molecule has 2 N–H and O–H groups in total. The van der Waals surface area contributed by atoms with E-state index in [1.54, 1.807) is 18.2 Å². The van der Waals surface area contributed by atoms with E-state index < -0.39 is 11.7 Å². The summed E-state index contributed by atoms with van der Waals surface area (Å²) in [6.45, 7) is -0.0259. The molecule has 5 nitrogen and oxygen atoms in total. The summed E-state index contributed by atoms with van der Waals surface area (Å²) in [6, 6.07) is 9.51. The zero-order valence-corrected chi connectivity index (χ0v) is 13.5. The molecule has 3 rings (SSSR count). The maximum atomic E-state index is 12.5. The van der Waals surface area contributed by atoms with Gasteiger partial charge in [-0.1, -0.05) is 6.07 Å². The van der Waals surface area contributed by atoms with E-state index in [1.165, 1.54) is 12.1 Å². The number of benzene rings is 2. The fourth-order valence-electron chi connectivity index (χ4n) is 2.51. The zero-order valence-electron chi connectivity index (χ0n) is 13.5. The van der Waals surface area contributed by atoms with Gasteiger partial charge in [-0.2, -0.15) is 13.2 Å². The van der Waals surface area contributed by atoms with E-state index in [0.717, 1.165) is 17.7 Å². The van der Waals surface area contributed by atoms with Crippen LogP contribution in [0.3, 0.4) is 0 Å². The predicted molar refractivity (Wildman–Crippen MR) is 89.0 cm³/mol. The molecule has 0 bridgehead atoms. The lowest BCUT2D eigenvalue weighted by Gasteiger charge is -2.18. The lowest BCUT2D eigenvalue weighted by molar-refractivity contribution is -0.137. The maximum Gasteiger partial charge on any atom is 0.416 e. The number of fused-ring (bicyclic) bond motifs is 1. The van der Waals surface area contributed by atoms with Crippen LogP contribution in [0.4, 0.5) is 24.5 Å². The summed E-state index contributed by atoms with van der Waals surface area (Å²) in [5.74, 6) is 0.0139. The van der Waals surface area contributed by atoms with Crippen LogP contribution in [-0.2, 0) is 22.2 Å². The molecule has 1 aliphatic rings. The van der Waals surface area contributed by atoms with Gasteiger partial charge in [0, 0.05) is 12.1 Å². The summed E-state index contributed by atoms with van der Waals surface area (Å²) in [5.41, 5.74) is 0.918. The largest absolute Gasteiger partial charge is 0.482 e. The third-order valence-electron chi connectivity index (χ3n) is 3.81. The van der Waals surface area contributed by atoms with Gasteiger partial charge in [-0.3, -0.25) is 9.59 Å². The second-order valence-electron chi connectivity index (χ2n) is 5.79. The number of rotatable bonds is 4. The van der Waals surface area contributed by atoms with Gasteiger partial charge in [-0.25, -0.2) is 0 Å². The van der Waals surface area contributed by atoms with Gasteiger partial charge < -0.3 is 15.4 Å². The molecule has 0 fully saturated rings. The standard InChI is InChI=1S/C18H15F3N2O3/c19-18(20,21)12-3-5-13(6-4-12)22-16(24)8-2-11-1-7-15-14(9-11)23-17(25)10-26-15/h1,3-7,9H,2,8,10H2,(H,22,24)(H,23,25). The van der Waals surface area contributed by atoms with Gasteiger partial charge >= 0.3 is 6.18 Å². The van der Waals surface area contributed by atoms with Crippen molar-refractivity contribution in [3.63, 3.8) is 0 Å². The van der Waals surface area contributed by atoms with Gasteiger partial charge in [0.05, 0.1) is 11.3 Å². The molecule has 0 aromatic heterocycles. The molecular weight excluding hydrogens is 349 g/mol. The van der Waals surface area contributed by atoms with Crippen molar-refractivity contribution >= 4 is 23.2 Å². The second kappa shape index (κ2) is 7.07. The third-order valence-corrected chi connectivity index (χ3v) is 3.81. The summed E-state index contributed by atoms with van der Waals surface area (Å²) in [6.07, 6.45) is -3.85. The topological polar surface area (TPSA) is 67.4 Å². The summed E-state index contributed by atoms with van der Waals surface area (Å²) < 4.78 is 42.8. The van der Waals surface area contributed by atoms with Gasteiger partial charge in [0.25, 0.3) is 5.91 Å². The van der Waals surface area contributed by atoms with E-state index >= 15 is 0 Å². The highest BCUT2D eigenvalue weighted by Crippen LogP contribution is 2.30. The Morgan fingerprint density at radius 1 is 1.15 bits per heavy atom. The Balaban J connectivity index is 1.56. The maximum absolute atomic E-state index is 12.5. The van der Waals surface area contributed by atoms with Crippen LogP contribution in [-0.4, -0.2) is 18.4 Å². The smallest absolute Gasteiger partial charge is 0.416 e. The average Bonchev–Trinajstić information content (AvgIpc) is 2.59. The first-order valence-corrected chi connectivity index (χ1v) is 7.84. The van der Waals surface area contributed by atoms with Crippen LogP contribution in [0.15, 0.2) is 42.5 Å². The van der Waals surface area contributed by atoms with Gasteiger partial charge in [0.2, 0.25) is 5.91 Å². The van der Waals surface area contributed by atoms with Crippen molar-refractivity contribution < 1.29 is 27.5 Å². The zero-order chi connectivity index (χ0) is 18.7. The van der Waals surface area contributed by atoms with Crippen LogP contribution < -0.4 is 15.4 Å². The van der Waals surface area contributed by atoms with E-state index in [-0.39, 0.29) is 24.8 Å². The summed E-state index contributed by atoms with van der Waals surface area (Å²) in [4.78, 5) is 23.3. The molecule has 2 aromatic carbocycles. The summed E-state index contributed by atoms with van der Waals surface area (Å²) in [7, 11) is 0. The van der Waals surface area contributed by atoms with E-state index in [0.29, 0.717) is 23.5 Å². The SMILES string of the molecule is O=C(CCc1ccc2c(c1)NC(=O)CO2)Nc1ccc(C(F)(F)F)cc1. The summed E-state index contributed by atoms with van der Waals surface area (Å²) >= 11 is 0. The van der Waals surface area contributed by atoms with Crippen LogP contribution in [0, 0.1) is 0 Å². The molecule has 1 aliphatic heterocycles. The van der Waals surface area contributed by atoms with Crippen molar-refractivity contribution in [2.24, 2.45) is 0 Å². The minimum Gasteiger partial charge on any atom is -0.482 e. The normalized spacial score (nSPS) is 13.4. The molecule has 0 spiro atoms. The Hall–Kier alpha value is -3.03. The molecule has 136 valence electrons. The average molecular weight is 364 g/mol. The highest BCUT2D eigenvalue weighted by atomic mass is 19.4. The summed E-state index contributed by atoms with van der Waals surface area (Å²) in [5, 5.41) is 5.25. The molecule has 0 radical (unpaired) electrons. The number of carbonyl (C=O) groups excluding carboxylic acids is 2. The van der Waals surface area contributed by atoms with E-state index in [2.05, 4.69) is 10.6 Å². The first-order chi connectivity index (χ1) is 12.3. The fraction of sp³-hybridized carbons (Fsp3) is 0.222. The number of anilines is 2. The van der Waals surface area contributed by atoms with Gasteiger partial charge in [0.1, 0.15) is 5.75 Å². The predicted octanol–water partition coefficient (Wildman–Crippen LogP) is 3.61. The molecule has 26 heavy (non-hydrogen) atoms. The Bertz CT molecular complexity index is 833. The first kappa shape index (κ1) is 17.8. The van der Waals surface area contributed by atoms with Crippen molar-refractivity contribution in [2.75, 3.05) is 17.2 Å². The molecular formula is C18H15F3N2O3. The third kappa shape index (κ3) is 4.33. The monoisotopic (exact) mass is 364 g/mol. The fourth-order valence-corrected chi connectivity index (χ4v) is 2.51. The number of hydrogen-bond acceptors (Lipinski definition) is 3. The highest BCUT2D eigenvalue weighted by Gasteiger charge is 2.30. The van der Waals surface area contributed by atoms with E-state index in [9.17, 15) is 22.8 Å². The number of nitrogens with one attached hydrogen (secondary N) is 2. The lowest BCUT2D eigenvalue weighted by atomic mass is 10.1. The Kier molecular flexibility index (Phi) is 4.83. The molecule has 0 atom stereocenters. The van der Waals surface area contributed by atoms with Crippen molar-refractivity contribution in [1.29, 1.82) is 0 Å². The van der Waals surface area contributed by atoms with Crippen molar-refractivity contribution in [3.05, 3.63) is 53.6 Å². The van der Waals surface area contributed by atoms with Crippen LogP contribution in [0.25, 0.3) is 0 Å². The number of alkyl halides is 3. The minimum absolute atomic E-state index is 0.0259. The molecule has 1 heterocycles. The van der Waals surface area contributed by atoms with Crippen LogP contribution >= 0.6 is 0 Å². The molecule has 2 aromatic rings. The van der Waals surface area contributed by atoms with Crippen molar-refractivity contribution in [1.82, 2.24) is 0 Å². The number of ether oxygens (including phenoxy) is 1. The Morgan fingerprint density at radius 2 is 1.88 bits per heavy atom. The highest BCUT2D eigenvalue weighted by molar-refractivity contribution is 5.95. The molecule has 0 saturated heterocycles. The van der Waals surface area contributed by atoms with Gasteiger partial charge in [0.15, 0.2) is 6.61 Å². The molecule has 8 heteroatoms. The minimum atomic E-state index is -4.41. The number of halogens is 3. The number of aryl methyl sites for hydroxylation is 1. The Morgan fingerprint density at radius 3 is 2.58 bits per heavy atom. The van der Waals surface area contributed by atoms with Crippen molar-refractivity contribution in [2.45, 2.75) is 19.0 Å². The van der Waals surface area contributed by atoms with Crippen molar-refractivity contribution in [3.8, 4) is 5.75 Å². The van der Waals surface area contributed by atoms with Gasteiger partial charge in [-0.15, -0.1) is 0 Å². The Labute approximate surface area is 147 Å². The van der Waals surface area contributed by atoms with Crippen LogP contribution in [0.2, 0.25) is 0 Å². The first-order valence-electron chi connectivity index (χ1n) is 7.84. The number of carbonyl (C=O) groups is 2. The van der Waals surface area contributed by atoms with Gasteiger partial charge in [-0.05, 0) is 48.4 Å². The molecule has 2 amide bonds. The lowest BCUT2D eigenvalue weighted by Crippen LogP contribution is -2.25. The molecule has 0 unspecified atom stereocenters. The van der Waals surface area contributed by atoms with E-state index in [1.807, 2.05) is 0 Å².